The number of aliphatic hydroxyl groups excluding tert-OH is 1. The van der Waals surface area contributed by atoms with E-state index in [-0.39, 0.29) is 56.1 Å². The number of carbonyl (C=O) groups excluding carboxylic acids is 5. The van der Waals surface area contributed by atoms with Crippen LogP contribution < -0.4 is 20.9 Å². The molecule has 13 rings (SSSR count). The zero-order chi connectivity index (χ0) is 63.3. The van der Waals surface area contributed by atoms with Gasteiger partial charge in [0.25, 0.3) is 17.7 Å². The van der Waals surface area contributed by atoms with E-state index in [0.717, 1.165) is 111 Å². The van der Waals surface area contributed by atoms with Gasteiger partial charge in [0.2, 0.25) is 11.8 Å². The largest absolute Gasteiger partial charge is 0.391 e. The highest BCUT2D eigenvalue weighted by atomic mass is 32.1. The molecule has 91 heavy (non-hydrogen) atoms. The van der Waals surface area contributed by atoms with Gasteiger partial charge in [-0.25, -0.2) is 19.3 Å². The van der Waals surface area contributed by atoms with Gasteiger partial charge in [0.15, 0.2) is 10.8 Å². The zero-order valence-electron chi connectivity index (χ0n) is 52.8. The molecule has 3 saturated heterocycles. The molecule has 478 valence electrons. The van der Waals surface area contributed by atoms with Crippen LogP contribution in [0.2, 0.25) is 0 Å². The lowest BCUT2D eigenvalue weighted by Gasteiger charge is -2.42. The number of aromatic nitrogens is 5. The Kier molecular flexibility index (Phi) is 17.8. The molecule has 0 unspecified atom stereocenters. The minimum atomic E-state index is -1.98. The highest BCUT2D eigenvalue weighted by molar-refractivity contribution is 7.22. The van der Waals surface area contributed by atoms with Gasteiger partial charge < -0.3 is 35.3 Å². The maximum atomic E-state index is 15.3. The van der Waals surface area contributed by atoms with Gasteiger partial charge in [-0.05, 0) is 166 Å². The number of para-hydroxylation sites is 1. The summed E-state index contributed by atoms with van der Waals surface area (Å²) in [4.78, 5) is 94.5. The molecule has 4 N–H and O–H groups in total. The zero-order valence-corrected chi connectivity index (χ0v) is 54.4. The first-order valence-electron chi connectivity index (χ1n) is 32.7. The van der Waals surface area contributed by atoms with Gasteiger partial charge in [-0.1, -0.05) is 87.8 Å². The second kappa shape index (κ2) is 25.9. The monoisotopic (exact) mass is 1270 g/mol. The van der Waals surface area contributed by atoms with Crippen LogP contribution in [-0.2, 0) is 40.4 Å². The van der Waals surface area contributed by atoms with Crippen LogP contribution >= 0.6 is 22.7 Å². The number of benzene rings is 3. The quantitative estimate of drug-likeness (QED) is 0.0712. The van der Waals surface area contributed by atoms with E-state index in [1.165, 1.54) is 48.3 Å². The summed E-state index contributed by atoms with van der Waals surface area (Å²) in [6.07, 6.45) is 11.6. The number of amides is 5. The molecule has 18 nitrogen and oxygen atoms in total. The van der Waals surface area contributed by atoms with Crippen LogP contribution in [0, 0.1) is 25.2 Å². The van der Waals surface area contributed by atoms with E-state index >= 15 is 4.79 Å². The number of hydrogen-bond donors (Lipinski definition) is 4. The van der Waals surface area contributed by atoms with E-state index in [2.05, 4.69) is 77.7 Å². The van der Waals surface area contributed by atoms with Gasteiger partial charge in [-0.2, -0.15) is 5.10 Å². The second-order valence-corrected chi connectivity index (χ2v) is 29.2. The number of nitrogens with zero attached hydrogens (tertiary/aromatic N) is 9. The van der Waals surface area contributed by atoms with Crippen molar-refractivity contribution >= 4 is 73.4 Å². The Morgan fingerprint density at radius 1 is 0.857 bits per heavy atom. The van der Waals surface area contributed by atoms with Crippen LogP contribution in [-0.4, -0.2) is 143 Å². The van der Waals surface area contributed by atoms with Crippen molar-refractivity contribution in [2.45, 2.75) is 174 Å². The first-order chi connectivity index (χ1) is 43.8. The van der Waals surface area contributed by atoms with Crippen molar-refractivity contribution in [1.29, 1.82) is 0 Å². The molecule has 6 aliphatic rings. The lowest BCUT2D eigenvalue weighted by atomic mass is 9.84. The van der Waals surface area contributed by atoms with E-state index in [1.807, 2.05) is 66.0 Å². The Bertz CT molecular complexity index is 3850. The van der Waals surface area contributed by atoms with E-state index in [4.69, 9.17) is 10.1 Å². The average Bonchev–Trinajstić information content (AvgIpc) is 2.33. The molecule has 7 aromatic rings. The van der Waals surface area contributed by atoms with Gasteiger partial charge >= 0.3 is 0 Å². The van der Waals surface area contributed by atoms with Gasteiger partial charge in [0, 0.05) is 80.7 Å². The number of likely N-dealkylation sites (tertiary alicyclic amines) is 3. The fourth-order valence-electron chi connectivity index (χ4n) is 14.6. The van der Waals surface area contributed by atoms with Crippen molar-refractivity contribution in [2.75, 3.05) is 49.5 Å². The highest BCUT2D eigenvalue weighted by Crippen LogP contribution is 2.42. The summed E-state index contributed by atoms with van der Waals surface area (Å²) in [7, 11) is 0. The molecule has 0 bridgehead atoms. The van der Waals surface area contributed by atoms with E-state index in [0.29, 0.717) is 60.7 Å². The number of aliphatic hydroxyl groups is 1. The standard InChI is InChI=1S/C70H83FN12O6S2/c1-42-61(90-41-73-42)47-18-19-48(36-72-64(86)57-35-50(84)39-82(57)66(88)62(69(3,4)5)77-67(89)70(71)27-28-70)53(34-47)46-22-29-79(30-23-46)49-25-32-80(33-26-49)65(87)60-51(54-37-74-83(43(54)2)38-44-12-7-6-8-13-44)20-21-59(76-60)81-31-24-45-14-11-15-52(55(45)40-81)63(85)78-68-75-56-16-9-10-17-58(56)91-68/h9-11,14-21,34,37,41,44,46,49-50,57,62,84H,6-8,12-13,22-33,35-36,38-40H2,1-5H3,(H,72,86)(H,77,89)(H,75,78,85)/t50-,57+,62-/m1/s1. The SMILES string of the molecule is Cc1ncsc1-c1ccc(CNC(=O)[C@@H]2C[C@@H](O)CN2C(=O)[C@@H](NC(=O)C2(F)CC2)C(C)(C)C)c(C2CCN(C3CCN(C(=O)c4nc(N5CCc6cccc(C(=O)Nc7nc8ccccc8s7)c6C5)ccc4-c4cnn(CC5CCCCC5)c4C)CC3)CC2)c1. The first kappa shape index (κ1) is 62.4. The lowest BCUT2D eigenvalue weighted by Crippen LogP contribution is -2.59. The number of thiazole rings is 2. The van der Waals surface area contributed by atoms with E-state index < -0.39 is 47.0 Å². The number of anilines is 2. The van der Waals surface area contributed by atoms with Crippen LogP contribution in [0.4, 0.5) is 15.3 Å². The van der Waals surface area contributed by atoms with Gasteiger partial charge in [0.1, 0.15) is 23.6 Å². The average molecular weight is 1270 g/mol. The molecule has 3 atom stereocenters. The summed E-state index contributed by atoms with van der Waals surface area (Å²) in [6.45, 7) is 14.5. The molecule has 8 heterocycles. The normalized spacial score (nSPS) is 20.4. The number of piperidine rings is 2. The van der Waals surface area contributed by atoms with Gasteiger partial charge in [-0.3, -0.25) is 34.0 Å². The number of rotatable bonds is 16. The molecule has 0 spiro atoms. The van der Waals surface area contributed by atoms with Crippen molar-refractivity contribution < 1.29 is 33.5 Å². The summed E-state index contributed by atoms with van der Waals surface area (Å²) < 4.78 is 18.0. The summed E-state index contributed by atoms with van der Waals surface area (Å²) in [6, 6.07) is 22.5. The Morgan fingerprint density at radius 3 is 2.37 bits per heavy atom. The number of β-amino-alcohol motifs (C(OH)–C–C–N with tert-alkyl or cyclic N) is 1. The molecule has 5 amide bonds. The maximum Gasteiger partial charge on any atom is 0.273 e. The number of alkyl halides is 1. The smallest absolute Gasteiger partial charge is 0.273 e. The number of hydrogen-bond acceptors (Lipinski definition) is 14. The maximum absolute atomic E-state index is 15.3. The van der Waals surface area contributed by atoms with Crippen LogP contribution in [0.3, 0.4) is 0 Å². The number of aryl methyl sites for hydroxylation is 1. The van der Waals surface area contributed by atoms with Gasteiger partial charge in [-0.15, -0.1) is 11.3 Å². The molecule has 4 aromatic heterocycles. The molecule has 21 heteroatoms. The van der Waals surface area contributed by atoms with Crippen molar-refractivity contribution in [3.05, 3.63) is 129 Å². The summed E-state index contributed by atoms with van der Waals surface area (Å²) in [5.41, 5.74) is 9.87. The van der Waals surface area contributed by atoms with Crippen LogP contribution in [0.15, 0.2) is 84.5 Å². The lowest BCUT2D eigenvalue weighted by molar-refractivity contribution is -0.145. The van der Waals surface area contributed by atoms with Gasteiger partial charge in [0.05, 0.1) is 38.6 Å². The summed E-state index contributed by atoms with van der Waals surface area (Å²) >= 11 is 3.05. The number of pyridine rings is 1. The third-order valence-corrected chi connectivity index (χ3v) is 22.1. The van der Waals surface area contributed by atoms with Crippen LogP contribution in [0.25, 0.3) is 31.8 Å². The number of halogens is 1. The fraction of sp³-hybridized carbons (Fsp3) is 0.500. The third-order valence-electron chi connectivity index (χ3n) is 20.2. The molecule has 5 fully saturated rings. The predicted octanol–water partition coefficient (Wildman–Crippen LogP) is 10.8. The van der Waals surface area contributed by atoms with E-state index in [9.17, 15) is 28.7 Å². The number of carbonyl (C=O) groups is 5. The molecular formula is C70H83FN12O6S2. The first-order valence-corrected chi connectivity index (χ1v) is 34.4. The van der Waals surface area contributed by atoms with Crippen molar-refractivity contribution in [3.63, 3.8) is 0 Å². The predicted molar refractivity (Wildman–Crippen MR) is 353 cm³/mol. The molecular weight excluding hydrogens is 1190 g/mol. The minimum Gasteiger partial charge on any atom is -0.391 e. The second-order valence-electron chi connectivity index (χ2n) is 27.3. The van der Waals surface area contributed by atoms with Crippen LogP contribution in [0.5, 0.6) is 0 Å². The Hall–Kier alpha value is -7.46. The topological polar surface area (TPSA) is 211 Å². The molecule has 3 aromatic carbocycles. The number of nitrogens with one attached hydrogen (secondary N) is 3. The minimum absolute atomic E-state index is 0.0435. The van der Waals surface area contributed by atoms with Crippen molar-refractivity contribution in [3.8, 4) is 21.6 Å². The van der Waals surface area contributed by atoms with Crippen molar-refractivity contribution in [2.24, 2.45) is 11.3 Å². The molecule has 2 aliphatic carbocycles. The van der Waals surface area contributed by atoms with E-state index in [1.54, 1.807) is 32.1 Å². The van der Waals surface area contributed by atoms with Crippen LogP contribution in [0.1, 0.15) is 158 Å². The molecule has 0 radical (unpaired) electrons. The summed E-state index contributed by atoms with van der Waals surface area (Å²) in [5, 5.41) is 25.2. The Morgan fingerprint density at radius 2 is 1.64 bits per heavy atom. The summed E-state index contributed by atoms with van der Waals surface area (Å²) in [5.74, 6) is -0.574. The molecule has 4 aliphatic heterocycles. The fourth-order valence-corrected chi connectivity index (χ4v) is 16.3. The molecule has 2 saturated carbocycles. The van der Waals surface area contributed by atoms with Crippen molar-refractivity contribution in [1.82, 2.24) is 50.1 Å². The third kappa shape index (κ3) is 13.2. The number of fused-ring (bicyclic) bond motifs is 2. The Balaban J connectivity index is 0.693. The Labute approximate surface area is 539 Å². The highest BCUT2D eigenvalue weighted by Gasteiger charge is 2.53.